The summed E-state index contributed by atoms with van der Waals surface area (Å²) in [6.45, 7) is 6.90. The van der Waals surface area contributed by atoms with Crippen molar-refractivity contribution in [3.63, 3.8) is 0 Å². The van der Waals surface area contributed by atoms with E-state index in [1.54, 1.807) is 0 Å². The molecule has 4 nitrogen and oxygen atoms in total. The Balaban J connectivity index is 0.00000261. The zero-order valence-corrected chi connectivity index (χ0v) is 17.5. The minimum atomic E-state index is 0. The van der Waals surface area contributed by atoms with E-state index >= 15 is 0 Å². The largest absolute Gasteiger partial charge is 0.465 e. The van der Waals surface area contributed by atoms with Gasteiger partial charge in [0.15, 0.2) is 0 Å². The van der Waals surface area contributed by atoms with E-state index in [-0.39, 0.29) is 24.4 Å². The summed E-state index contributed by atoms with van der Waals surface area (Å²) < 4.78 is 5.88. The molecule has 1 atom stereocenters. The summed E-state index contributed by atoms with van der Waals surface area (Å²) in [5.74, 6) is 2.63. The van der Waals surface area contributed by atoms with Crippen molar-refractivity contribution in [3.8, 4) is 0 Å². The maximum Gasteiger partial charge on any atom is 0.224 e. The number of piperidine rings is 1. The van der Waals surface area contributed by atoms with Gasteiger partial charge in [-0.2, -0.15) is 0 Å². The molecule has 1 aliphatic heterocycles. The SMILES string of the molecule is Cc1ccc(C(CNC(=O)Cc2ccc(Cl)cc2)N2CCC(C)CC2)o1.Cl. The van der Waals surface area contributed by atoms with Gasteiger partial charge in [0.05, 0.1) is 12.5 Å². The third kappa shape index (κ3) is 6.27. The fraction of sp³-hybridized carbons (Fsp3) is 0.476. The molecule has 1 unspecified atom stereocenters. The highest BCUT2D eigenvalue weighted by Gasteiger charge is 2.27. The summed E-state index contributed by atoms with van der Waals surface area (Å²) in [6, 6.07) is 11.5. The highest BCUT2D eigenvalue weighted by Crippen LogP contribution is 2.27. The Morgan fingerprint density at radius 1 is 1.22 bits per heavy atom. The molecule has 0 bridgehead atoms. The van der Waals surface area contributed by atoms with Gasteiger partial charge in [0.2, 0.25) is 5.91 Å². The zero-order valence-electron chi connectivity index (χ0n) is 15.9. The van der Waals surface area contributed by atoms with Gasteiger partial charge in [0.25, 0.3) is 0 Å². The molecular weight excluding hydrogens is 383 g/mol. The number of carbonyl (C=O) groups excluding carboxylic acids is 1. The number of aryl methyl sites for hydroxylation is 1. The van der Waals surface area contributed by atoms with Crippen LogP contribution in [-0.4, -0.2) is 30.4 Å². The molecule has 0 aliphatic carbocycles. The molecule has 27 heavy (non-hydrogen) atoms. The number of benzene rings is 1. The van der Waals surface area contributed by atoms with Gasteiger partial charge in [-0.05, 0) is 68.6 Å². The number of hydrogen-bond acceptors (Lipinski definition) is 3. The molecule has 1 aliphatic rings. The summed E-state index contributed by atoms with van der Waals surface area (Å²) in [5, 5.41) is 3.77. The summed E-state index contributed by atoms with van der Waals surface area (Å²) in [6.07, 6.45) is 2.74. The van der Waals surface area contributed by atoms with Crippen LogP contribution in [0.5, 0.6) is 0 Å². The van der Waals surface area contributed by atoms with Crippen LogP contribution >= 0.6 is 24.0 Å². The predicted octanol–water partition coefficient (Wildman–Crippen LogP) is 4.80. The van der Waals surface area contributed by atoms with Gasteiger partial charge in [-0.25, -0.2) is 0 Å². The van der Waals surface area contributed by atoms with Crippen LogP contribution in [0.15, 0.2) is 40.8 Å². The second-order valence-electron chi connectivity index (χ2n) is 7.29. The first-order valence-electron chi connectivity index (χ1n) is 9.33. The van der Waals surface area contributed by atoms with Crippen LogP contribution in [0.3, 0.4) is 0 Å². The smallest absolute Gasteiger partial charge is 0.224 e. The maximum absolute atomic E-state index is 12.4. The lowest BCUT2D eigenvalue weighted by atomic mass is 9.97. The van der Waals surface area contributed by atoms with Crippen LogP contribution in [0.1, 0.15) is 42.9 Å². The van der Waals surface area contributed by atoms with E-state index < -0.39 is 0 Å². The van der Waals surface area contributed by atoms with Gasteiger partial charge in [0, 0.05) is 11.6 Å². The molecule has 0 saturated carbocycles. The average Bonchev–Trinajstić information content (AvgIpc) is 3.05. The molecule has 1 aromatic heterocycles. The molecule has 1 saturated heterocycles. The molecule has 3 rings (SSSR count). The summed E-state index contributed by atoms with van der Waals surface area (Å²) in [4.78, 5) is 14.8. The van der Waals surface area contributed by atoms with Gasteiger partial charge in [0.1, 0.15) is 11.5 Å². The first-order chi connectivity index (χ1) is 12.5. The van der Waals surface area contributed by atoms with E-state index in [2.05, 4.69) is 17.1 Å². The van der Waals surface area contributed by atoms with Crippen LogP contribution in [0.4, 0.5) is 0 Å². The minimum Gasteiger partial charge on any atom is -0.465 e. The fourth-order valence-electron chi connectivity index (χ4n) is 3.44. The molecule has 0 radical (unpaired) electrons. The normalized spacial score (nSPS) is 16.6. The molecule has 2 heterocycles. The van der Waals surface area contributed by atoms with E-state index in [1.165, 1.54) is 12.8 Å². The number of furan rings is 1. The van der Waals surface area contributed by atoms with Gasteiger partial charge < -0.3 is 9.73 Å². The molecule has 148 valence electrons. The standard InChI is InChI=1S/C21H27ClN2O2.ClH/c1-15-9-11-24(12-10-15)19(20-8-3-16(2)26-20)14-23-21(25)13-17-4-6-18(22)7-5-17;/h3-8,15,19H,9-14H2,1-2H3,(H,23,25);1H. The highest BCUT2D eigenvalue weighted by atomic mass is 35.5. The lowest BCUT2D eigenvalue weighted by Gasteiger charge is -2.35. The lowest BCUT2D eigenvalue weighted by Crippen LogP contribution is -2.42. The second kappa shape index (κ2) is 10.2. The van der Waals surface area contributed by atoms with Gasteiger partial charge in [-0.3, -0.25) is 9.69 Å². The third-order valence-corrected chi connectivity index (χ3v) is 5.37. The number of nitrogens with one attached hydrogen (secondary N) is 1. The van der Waals surface area contributed by atoms with Crippen molar-refractivity contribution >= 4 is 29.9 Å². The zero-order chi connectivity index (χ0) is 18.5. The van der Waals surface area contributed by atoms with Crippen LogP contribution in [0.2, 0.25) is 5.02 Å². The summed E-state index contributed by atoms with van der Waals surface area (Å²) in [5.41, 5.74) is 0.962. The van der Waals surface area contributed by atoms with Crippen LogP contribution in [0.25, 0.3) is 0 Å². The highest BCUT2D eigenvalue weighted by molar-refractivity contribution is 6.30. The monoisotopic (exact) mass is 410 g/mol. The second-order valence-corrected chi connectivity index (χ2v) is 7.73. The van der Waals surface area contributed by atoms with Crippen LogP contribution < -0.4 is 5.32 Å². The number of rotatable bonds is 6. The van der Waals surface area contributed by atoms with Crippen molar-refractivity contribution in [2.75, 3.05) is 19.6 Å². The molecular formula is C21H28Cl2N2O2. The van der Waals surface area contributed by atoms with E-state index in [9.17, 15) is 4.79 Å². The van der Waals surface area contributed by atoms with E-state index in [0.717, 1.165) is 36.1 Å². The topological polar surface area (TPSA) is 45.5 Å². The third-order valence-electron chi connectivity index (χ3n) is 5.12. The Morgan fingerprint density at radius 3 is 2.48 bits per heavy atom. The molecule has 1 fully saturated rings. The molecule has 1 N–H and O–H groups in total. The van der Waals surface area contributed by atoms with E-state index in [0.29, 0.717) is 18.0 Å². The molecule has 2 aromatic rings. The Labute approximate surface area is 172 Å². The number of nitrogens with zero attached hydrogens (tertiary/aromatic N) is 1. The van der Waals surface area contributed by atoms with Gasteiger partial charge >= 0.3 is 0 Å². The van der Waals surface area contributed by atoms with Crippen molar-refractivity contribution in [1.29, 1.82) is 0 Å². The molecule has 1 amide bonds. The fourth-order valence-corrected chi connectivity index (χ4v) is 3.57. The van der Waals surface area contributed by atoms with Crippen LogP contribution in [0, 0.1) is 12.8 Å². The van der Waals surface area contributed by atoms with Gasteiger partial charge in [-0.1, -0.05) is 30.7 Å². The Kier molecular flexibility index (Phi) is 8.21. The van der Waals surface area contributed by atoms with E-state index in [4.69, 9.17) is 16.0 Å². The lowest BCUT2D eigenvalue weighted by molar-refractivity contribution is -0.120. The van der Waals surface area contributed by atoms with Gasteiger partial charge in [-0.15, -0.1) is 12.4 Å². The number of carbonyl (C=O) groups is 1. The van der Waals surface area contributed by atoms with Crippen molar-refractivity contribution in [2.45, 2.75) is 39.2 Å². The van der Waals surface area contributed by atoms with Crippen molar-refractivity contribution in [2.24, 2.45) is 5.92 Å². The average molecular weight is 411 g/mol. The number of hydrogen-bond donors (Lipinski definition) is 1. The van der Waals surface area contributed by atoms with Crippen LogP contribution in [-0.2, 0) is 11.2 Å². The Hall–Kier alpha value is -1.49. The van der Waals surface area contributed by atoms with Crippen molar-refractivity contribution in [1.82, 2.24) is 10.2 Å². The Bertz CT molecular complexity index is 722. The van der Waals surface area contributed by atoms with Crippen molar-refractivity contribution < 1.29 is 9.21 Å². The minimum absolute atomic E-state index is 0. The molecule has 6 heteroatoms. The first-order valence-corrected chi connectivity index (χ1v) is 9.70. The number of amides is 1. The Morgan fingerprint density at radius 2 is 1.89 bits per heavy atom. The quantitative estimate of drug-likeness (QED) is 0.743. The molecule has 1 aromatic carbocycles. The maximum atomic E-state index is 12.4. The van der Waals surface area contributed by atoms with Crippen molar-refractivity contribution in [3.05, 3.63) is 58.5 Å². The molecule has 0 spiro atoms. The summed E-state index contributed by atoms with van der Waals surface area (Å²) >= 11 is 5.90. The summed E-state index contributed by atoms with van der Waals surface area (Å²) in [7, 11) is 0. The first kappa shape index (κ1) is 21.8. The number of likely N-dealkylation sites (tertiary alicyclic amines) is 1. The number of halogens is 2. The van der Waals surface area contributed by atoms with E-state index in [1.807, 2.05) is 43.3 Å². The predicted molar refractivity (Wildman–Crippen MR) is 112 cm³/mol.